The van der Waals surface area contributed by atoms with E-state index in [-0.39, 0.29) is 6.42 Å². The molecule has 0 bridgehead atoms. The second-order valence-electron chi connectivity index (χ2n) is 5.73. The lowest BCUT2D eigenvalue weighted by atomic mass is 10.1. The maximum atomic E-state index is 12.0. The number of carbonyl (C=O) groups excluding carboxylic acids is 3. The molecule has 0 saturated carbocycles. The third-order valence-electron chi connectivity index (χ3n) is 3.77. The molecule has 0 aliphatic carbocycles. The van der Waals surface area contributed by atoms with Crippen LogP contribution in [0.1, 0.15) is 21.6 Å². The Morgan fingerprint density at radius 3 is 2.85 bits per heavy atom. The van der Waals surface area contributed by atoms with Crippen molar-refractivity contribution in [3.05, 3.63) is 52.8 Å². The molecule has 0 aliphatic rings. The summed E-state index contributed by atoms with van der Waals surface area (Å²) in [6, 6.07) is 4.81. The number of esters is 2. The minimum Gasteiger partial charge on any atom is -0.465 e. The van der Waals surface area contributed by atoms with Crippen molar-refractivity contribution in [1.29, 1.82) is 0 Å². The van der Waals surface area contributed by atoms with E-state index in [4.69, 9.17) is 4.74 Å². The summed E-state index contributed by atoms with van der Waals surface area (Å²) in [5, 5.41) is 4.52. The van der Waals surface area contributed by atoms with Crippen molar-refractivity contribution in [3.63, 3.8) is 0 Å². The summed E-state index contributed by atoms with van der Waals surface area (Å²) in [6.07, 6.45) is 3.58. The van der Waals surface area contributed by atoms with E-state index < -0.39 is 24.5 Å². The second kappa shape index (κ2) is 8.00. The molecule has 2 heterocycles. The summed E-state index contributed by atoms with van der Waals surface area (Å²) >= 11 is 1.46. The first-order valence-corrected chi connectivity index (χ1v) is 8.89. The van der Waals surface area contributed by atoms with Gasteiger partial charge in [-0.3, -0.25) is 14.0 Å². The predicted molar refractivity (Wildman–Crippen MR) is 98.9 cm³/mol. The summed E-state index contributed by atoms with van der Waals surface area (Å²) in [5.74, 6) is -1.55. The zero-order valence-corrected chi connectivity index (χ0v) is 15.5. The van der Waals surface area contributed by atoms with Crippen LogP contribution in [0, 0.1) is 6.92 Å². The van der Waals surface area contributed by atoms with Crippen LogP contribution in [-0.4, -0.2) is 40.9 Å². The molecule has 9 heteroatoms. The lowest BCUT2D eigenvalue weighted by Crippen LogP contribution is -2.22. The van der Waals surface area contributed by atoms with Gasteiger partial charge in [0.15, 0.2) is 11.6 Å². The number of hydrogen-bond donors (Lipinski definition) is 1. The molecule has 3 rings (SSSR count). The van der Waals surface area contributed by atoms with Crippen molar-refractivity contribution in [2.45, 2.75) is 13.3 Å². The van der Waals surface area contributed by atoms with Gasteiger partial charge in [-0.25, -0.2) is 9.78 Å². The van der Waals surface area contributed by atoms with Crippen LogP contribution >= 0.6 is 11.3 Å². The van der Waals surface area contributed by atoms with Gasteiger partial charge in [0, 0.05) is 23.5 Å². The number of benzene rings is 1. The molecule has 3 aromatic rings. The van der Waals surface area contributed by atoms with Gasteiger partial charge in [0.2, 0.25) is 0 Å². The van der Waals surface area contributed by atoms with E-state index in [1.807, 2.05) is 16.0 Å². The van der Waals surface area contributed by atoms with E-state index in [1.165, 1.54) is 24.5 Å². The van der Waals surface area contributed by atoms with Crippen molar-refractivity contribution in [2.24, 2.45) is 0 Å². The minimum absolute atomic E-state index is 0.0153. The highest BCUT2D eigenvalue weighted by molar-refractivity contribution is 7.15. The molecule has 0 radical (unpaired) electrons. The van der Waals surface area contributed by atoms with Crippen molar-refractivity contribution < 1.29 is 23.9 Å². The van der Waals surface area contributed by atoms with Crippen LogP contribution < -0.4 is 5.32 Å². The fraction of sp³-hybridized carbons (Fsp3) is 0.222. The van der Waals surface area contributed by atoms with Crippen molar-refractivity contribution in [2.75, 3.05) is 19.0 Å². The van der Waals surface area contributed by atoms with Gasteiger partial charge >= 0.3 is 11.9 Å². The van der Waals surface area contributed by atoms with Gasteiger partial charge in [-0.15, -0.1) is 11.3 Å². The van der Waals surface area contributed by atoms with E-state index >= 15 is 0 Å². The smallest absolute Gasteiger partial charge is 0.337 e. The Morgan fingerprint density at radius 1 is 1.30 bits per heavy atom. The van der Waals surface area contributed by atoms with E-state index in [9.17, 15) is 14.4 Å². The molecule has 27 heavy (non-hydrogen) atoms. The first-order valence-electron chi connectivity index (χ1n) is 8.02. The first kappa shape index (κ1) is 18.6. The number of fused-ring (bicyclic) bond motifs is 1. The number of ether oxygens (including phenoxy) is 2. The van der Waals surface area contributed by atoms with Crippen LogP contribution in [0.4, 0.5) is 5.69 Å². The number of methoxy groups -OCH3 is 1. The number of hydrogen-bond acceptors (Lipinski definition) is 7. The summed E-state index contributed by atoms with van der Waals surface area (Å²) in [5.41, 5.74) is 2.11. The number of anilines is 1. The molecule has 0 atom stereocenters. The second-order valence-corrected chi connectivity index (χ2v) is 6.61. The quantitative estimate of drug-likeness (QED) is 0.651. The fourth-order valence-electron chi connectivity index (χ4n) is 2.39. The van der Waals surface area contributed by atoms with Crippen LogP contribution in [0.25, 0.3) is 4.96 Å². The topological polar surface area (TPSA) is 99.0 Å². The molecule has 0 unspecified atom stereocenters. The molecule has 0 saturated heterocycles. The Kier molecular flexibility index (Phi) is 5.51. The molecule has 0 aliphatic heterocycles. The average Bonchev–Trinajstić information content (AvgIpc) is 3.22. The highest BCUT2D eigenvalue weighted by Gasteiger charge is 2.14. The van der Waals surface area contributed by atoms with E-state index in [0.29, 0.717) is 16.9 Å². The molecule has 2 aromatic heterocycles. The largest absolute Gasteiger partial charge is 0.465 e. The number of thiazole rings is 1. The Labute approximate surface area is 158 Å². The first-order chi connectivity index (χ1) is 13.0. The van der Waals surface area contributed by atoms with Gasteiger partial charge in [-0.2, -0.15) is 0 Å². The van der Waals surface area contributed by atoms with Gasteiger partial charge in [0.05, 0.1) is 24.8 Å². The number of aromatic nitrogens is 2. The van der Waals surface area contributed by atoms with Crippen LogP contribution in [0.3, 0.4) is 0 Å². The van der Waals surface area contributed by atoms with Crippen molar-refractivity contribution >= 4 is 39.8 Å². The van der Waals surface area contributed by atoms with Crippen LogP contribution in [0.2, 0.25) is 0 Å². The molecular formula is C18H17N3O5S. The summed E-state index contributed by atoms with van der Waals surface area (Å²) in [6.45, 7) is 1.36. The lowest BCUT2D eigenvalue weighted by Gasteiger charge is -2.10. The number of carbonyl (C=O) groups is 3. The van der Waals surface area contributed by atoms with Gasteiger partial charge in [-0.05, 0) is 24.6 Å². The number of aryl methyl sites for hydroxylation is 1. The monoisotopic (exact) mass is 387 g/mol. The summed E-state index contributed by atoms with van der Waals surface area (Å²) in [4.78, 5) is 40.6. The van der Waals surface area contributed by atoms with Crippen molar-refractivity contribution in [1.82, 2.24) is 9.38 Å². The molecule has 1 aromatic carbocycles. The third kappa shape index (κ3) is 4.50. The maximum Gasteiger partial charge on any atom is 0.337 e. The number of rotatable bonds is 6. The fourth-order valence-corrected chi connectivity index (χ4v) is 3.11. The summed E-state index contributed by atoms with van der Waals surface area (Å²) < 4.78 is 11.5. The lowest BCUT2D eigenvalue weighted by molar-refractivity contribution is -0.146. The average molecular weight is 387 g/mol. The number of nitrogens with one attached hydrogen (secondary N) is 1. The predicted octanol–water partition coefficient (Wildman–Crippen LogP) is 2.22. The Morgan fingerprint density at radius 2 is 2.11 bits per heavy atom. The van der Waals surface area contributed by atoms with E-state index in [2.05, 4.69) is 15.0 Å². The molecule has 140 valence electrons. The molecular weight excluding hydrogens is 370 g/mol. The van der Waals surface area contributed by atoms with E-state index in [1.54, 1.807) is 25.3 Å². The van der Waals surface area contributed by atoms with E-state index in [0.717, 1.165) is 10.5 Å². The molecule has 1 amide bonds. The molecule has 1 N–H and O–H groups in total. The number of imidazole rings is 1. The summed E-state index contributed by atoms with van der Waals surface area (Å²) in [7, 11) is 1.28. The molecule has 0 spiro atoms. The minimum atomic E-state index is -0.545. The highest BCUT2D eigenvalue weighted by atomic mass is 32.1. The zero-order chi connectivity index (χ0) is 19.4. The SMILES string of the molecule is COC(=O)c1ccc(C)c(NC(=O)COC(=O)Cc2cn3ccsc3n2)c1. The number of nitrogens with zero attached hydrogens (tertiary/aromatic N) is 2. The van der Waals surface area contributed by atoms with Crippen LogP contribution in [0.15, 0.2) is 36.0 Å². The third-order valence-corrected chi connectivity index (χ3v) is 4.54. The van der Waals surface area contributed by atoms with Gasteiger partial charge in [-0.1, -0.05) is 6.07 Å². The Hall–Kier alpha value is -3.20. The zero-order valence-electron chi connectivity index (χ0n) is 14.7. The molecule has 0 fully saturated rings. The van der Waals surface area contributed by atoms with Gasteiger partial charge < -0.3 is 14.8 Å². The Balaban J connectivity index is 1.54. The normalized spacial score (nSPS) is 10.6. The van der Waals surface area contributed by atoms with Gasteiger partial charge in [0.1, 0.15) is 0 Å². The standard InChI is InChI=1S/C18H17N3O5S/c1-11-3-4-12(17(24)25-2)7-14(11)20-15(22)10-26-16(23)8-13-9-21-5-6-27-18(21)19-13/h3-7,9H,8,10H2,1-2H3,(H,20,22). The van der Waals surface area contributed by atoms with Crippen LogP contribution in [-0.2, 0) is 25.5 Å². The van der Waals surface area contributed by atoms with Crippen LogP contribution in [0.5, 0.6) is 0 Å². The van der Waals surface area contributed by atoms with Crippen molar-refractivity contribution in [3.8, 4) is 0 Å². The highest BCUT2D eigenvalue weighted by Crippen LogP contribution is 2.17. The number of amides is 1. The molecule has 8 nitrogen and oxygen atoms in total. The van der Waals surface area contributed by atoms with Gasteiger partial charge in [0.25, 0.3) is 5.91 Å². The maximum absolute atomic E-state index is 12.0. The Bertz CT molecular complexity index is 979.